The highest BCUT2D eigenvalue weighted by Gasteiger charge is 2.27. The van der Waals surface area contributed by atoms with Gasteiger partial charge in [0.2, 0.25) is 0 Å². The van der Waals surface area contributed by atoms with Crippen molar-refractivity contribution in [3.8, 4) is 0 Å². The minimum Gasteiger partial charge on any atom is -0.345 e. The highest BCUT2D eigenvalue weighted by atomic mass is 127. The Balaban J connectivity index is 2.97. The maximum atomic E-state index is 12.3. The van der Waals surface area contributed by atoms with Crippen molar-refractivity contribution in [3.63, 3.8) is 0 Å². The third-order valence-electron chi connectivity index (χ3n) is 3.49. The molecule has 0 aliphatic carbocycles. The van der Waals surface area contributed by atoms with Crippen molar-refractivity contribution in [1.29, 1.82) is 0 Å². The molecule has 0 spiro atoms. The number of hydrogen-bond donors (Lipinski definition) is 2. The topological polar surface area (TPSA) is 55.1 Å². The van der Waals surface area contributed by atoms with E-state index in [1.54, 1.807) is 0 Å². The monoisotopic (exact) mass is 360 g/mol. The molecule has 3 nitrogen and oxygen atoms in total. The van der Waals surface area contributed by atoms with E-state index in [9.17, 15) is 4.79 Å². The molecule has 0 fully saturated rings. The number of rotatable bonds is 5. The lowest BCUT2D eigenvalue weighted by Gasteiger charge is -2.31. The lowest BCUT2D eigenvalue weighted by molar-refractivity contribution is 0.0894. The van der Waals surface area contributed by atoms with Crippen LogP contribution in [0, 0.1) is 10.5 Å². The number of nitrogens with one attached hydrogen (secondary N) is 1. The first-order chi connectivity index (χ1) is 8.48. The number of nitrogens with two attached hydrogens (primary N) is 1. The van der Waals surface area contributed by atoms with Crippen LogP contribution in [0.2, 0.25) is 0 Å². The highest BCUT2D eigenvalue weighted by Crippen LogP contribution is 2.18. The molecular formula is C14H21IN2O. The molecule has 1 aromatic rings. The Morgan fingerprint density at radius 2 is 2.00 bits per heavy atom. The van der Waals surface area contributed by atoms with Crippen LogP contribution in [0.25, 0.3) is 0 Å². The van der Waals surface area contributed by atoms with Gasteiger partial charge in [-0.3, -0.25) is 4.79 Å². The van der Waals surface area contributed by atoms with E-state index >= 15 is 0 Å². The molecule has 100 valence electrons. The molecule has 4 heteroatoms. The van der Waals surface area contributed by atoms with Gasteiger partial charge in [0.1, 0.15) is 0 Å². The van der Waals surface area contributed by atoms with Crippen LogP contribution >= 0.6 is 22.6 Å². The fourth-order valence-electron chi connectivity index (χ4n) is 1.89. The second-order valence-electron chi connectivity index (χ2n) is 4.63. The molecule has 1 amide bonds. The number of carbonyl (C=O) groups excluding carboxylic acids is 1. The molecule has 0 saturated heterocycles. The van der Waals surface area contributed by atoms with Crippen LogP contribution in [-0.2, 0) is 0 Å². The van der Waals surface area contributed by atoms with E-state index < -0.39 is 0 Å². The fourth-order valence-corrected chi connectivity index (χ4v) is 2.47. The van der Waals surface area contributed by atoms with Gasteiger partial charge in [-0.2, -0.15) is 0 Å². The van der Waals surface area contributed by atoms with Gasteiger partial charge in [-0.1, -0.05) is 25.5 Å². The van der Waals surface area contributed by atoms with Gasteiger partial charge in [-0.25, -0.2) is 0 Å². The number of hydrogen-bond acceptors (Lipinski definition) is 2. The van der Waals surface area contributed by atoms with Crippen LogP contribution in [0.5, 0.6) is 0 Å². The van der Waals surface area contributed by atoms with Crippen LogP contribution in [0.4, 0.5) is 0 Å². The summed E-state index contributed by atoms with van der Waals surface area (Å²) in [6.07, 6.45) is 1.68. The van der Waals surface area contributed by atoms with Gasteiger partial charge in [-0.05, 0) is 54.5 Å². The van der Waals surface area contributed by atoms with E-state index in [4.69, 9.17) is 5.73 Å². The molecule has 0 aliphatic rings. The van der Waals surface area contributed by atoms with Crippen molar-refractivity contribution in [2.75, 3.05) is 6.54 Å². The Labute approximate surface area is 123 Å². The normalized spacial score (nSPS) is 11.4. The van der Waals surface area contributed by atoms with Crippen molar-refractivity contribution >= 4 is 28.5 Å². The molecule has 0 saturated carbocycles. The van der Waals surface area contributed by atoms with E-state index in [-0.39, 0.29) is 11.4 Å². The largest absolute Gasteiger partial charge is 0.345 e. The van der Waals surface area contributed by atoms with Gasteiger partial charge < -0.3 is 11.1 Å². The first-order valence-corrected chi connectivity index (χ1v) is 7.34. The summed E-state index contributed by atoms with van der Waals surface area (Å²) in [6, 6.07) is 5.89. The van der Waals surface area contributed by atoms with Crippen LogP contribution in [-0.4, -0.2) is 18.0 Å². The standard InChI is InChI=1S/C14H21IN2O/c1-4-14(5-2,9-16)17-13(18)11-8-10(3)6-7-12(11)15/h6-8H,4-5,9,16H2,1-3H3,(H,17,18). The SMILES string of the molecule is CCC(CC)(CN)NC(=O)c1cc(C)ccc1I. The summed E-state index contributed by atoms with van der Waals surface area (Å²) in [5, 5.41) is 3.10. The van der Waals surface area contributed by atoms with Gasteiger partial charge in [0.05, 0.1) is 11.1 Å². The maximum absolute atomic E-state index is 12.3. The first-order valence-electron chi connectivity index (χ1n) is 6.26. The Kier molecular flexibility index (Phi) is 5.59. The van der Waals surface area contributed by atoms with E-state index in [0.29, 0.717) is 6.54 Å². The molecule has 0 radical (unpaired) electrons. The van der Waals surface area contributed by atoms with Crippen molar-refractivity contribution in [3.05, 3.63) is 32.9 Å². The molecular weight excluding hydrogens is 339 g/mol. The van der Waals surface area contributed by atoms with Gasteiger partial charge in [0.15, 0.2) is 0 Å². The van der Waals surface area contributed by atoms with E-state index in [1.165, 1.54) is 0 Å². The number of aryl methyl sites for hydroxylation is 1. The minimum atomic E-state index is -0.288. The Morgan fingerprint density at radius 1 is 1.39 bits per heavy atom. The van der Waals surface area contributed by atoms with Gasteiger partial charge in [0.25, 0.3) is 5.91 Å². The molecule has 1 aromatic carbocycles. The van der Waals surface area contributed by atoms with Gasteiger partial charge >= 0.3 is 0 Å². The summed E-state index contributed by atoms with van der Waals surface area (Å²) < 4.78 is 0.967. The first kappa shape index (κ1) is 15.4. The summed E-state index contributed by atoms with van der Waals surface area (Å²) >= 11 is 2.19. The third kappa shape index (κ3) is 3.45. The van der Waals surface area contributed by atoms with Crippen LogP contribution < -0.4 is 11.1 Å². The zero-order valence-electron chi connectivity index (χ0n) is 11.2. The number of halogens is 1. The smallest absolute Gasteiger partial charge is 0.252 e. The van der Waals surface area contributed by atoms with Crippen molar-refractivity contribution < 1.29 is 4.79 Å². The second kappa shape index (κ2) is 6.52. The lowest BCUT2D eigenvalue weighted by Crippen LogP contribution is -2.53. The van der Waals surface area contributed by atoms with E-state index in [2.05, 4.69) is 41.8 Å². The molecule has 1 rings (SSSR count). The predicted molar refractivity (Wildman–Crippen MR) is 83.7 cm³/mol. The molecule has 18 heavy (non-hydrogen) atoms. The van der Waals surface area contributed by atoms with E-state index in [0.717, 1.165) is 27.5 Å². The van der Waals surface area contributed by atoms with Gasteiger partial charge in [-0.15, -0.1) is 0 Å². The molecule has 3 N–H and O–H groups in total. The van der Waals surface area contributed by atoms with Gasteiger partial charge in [0, 0.05) is 10.1 Å². The lowest BCUT2D eigenvalue weighted by atomic mass is 9.92. The third-order valence-corrected chi connectivity index (χ3v) is 4.43. The zero-order valence-corrected chi connectivity index (χ0v) is 13.4. The number of carbonyl (C=O) groups is 1. The number of amides is 1. The fraction of sp³-hybridized carbons (Fsp3) is 0.500. The quantitative estimate of drug-likeness (QED) is 0.794. The Hall–Kier alpha value is -0.620. The average molecular weight is 360 g/mol. The summed E-state index contributed by atoms with van der Waals surface area (Å²) in [6.45, 7) is 6.56. The van der Waals surface area contributed by atoms with Crippen LogP contribution in [0.3, 0.4) is 0 Å². The van der Waals surface area contributed by atoms with Crippen molar-refractivity contribution in [2.45, 2.75) is 39.2 Å². The molecule has 0 bridgehead atoms. The highest BCUT2D eigenvalue weighted by molar-refractivity contribution is 14.1. The maximum Gasteiger partial charge on any atom is 0.252 e. The van der Waals surface area contributed by atoms with Crippen molar-refractivity contribution in [1.82, 2.24) is 5.32 Å². The summed E-state index contributed by atoms with van der Waals surface area (Å²) in [5.74, 6) is -0.0303. The molecule has 0 atom stereocenters. The average Bonchev–Trinajstić information content (AvgIpc) is 2.38. The summed E-state index contributed by atoms with van der Waals surface area (Å²) in [5.41, 5.74) is 7.34. The second-order valence-corrected chi connectivity index (χ2v) is 5.79. The van der Waals surface area contributed by atoms with Crippen LogP contribution in [0.1, 0.15) is 42.6 Å². The Morgan fingerprint density at radius 3 is 2.50 bits per heavy atom. The molecule has 0 aromatic heterocycles. The molecule has 0 heterocycles. The minimum absolute atomic E-state index is 0.0303. The number of benzene rings is 1. The summed E-state index contributed by atoms with van der Waals surface area (Å²) in [7, 11) is 0. The molecule has 0 unspecified atom stereocenters. The predicted octanol–water partition coefficient (Wildman–Crippen LogP) is 2.85. The molecule has 0 aliphatic heterocycles. The zero-order chi connectivity index (χ0) is 13.8. The Bertz CT molecular complexity index is 420. The van der Waals surface area contributed by atoms with Crippen molar-refractivity contribution in [2.24, 2.45) is 5.73 Å². The summed E-state index contributed by atoms with van der Waals surface area (Å²) in [4.78, 5) is 12.3. The van der Waals surface area contributed by atoms with E-state index in [1.807, 2.05) is 25.1 Å². The van der Waals surface area contributed by atoms with Crippen LogP contribution in [0.15, 0.2) is 18.2 Å².